The zero-order valence-corrected chi connectivity index (χ0v) is 7.91. The van der Waals surface area contributed by atoms with Crippen LogP contribution >= 0.6 is 11.8 Å². The quantitative estimate of drug-likeness (QED) is 0.767. The lowest BCUT2D eigenvalue weighted by Gasteiger charge is -2.09. The predicted octanol–water partition coefficient (Wildman–Crippen LogP) is 2.74. The SMILES string of the molecule is CC(CCSC(F)(F)F)CC(=O)O. The maximum atomic E-state index is 11.6. The zero-order valence-electron chi connectivity index (χ0n) is 7.10. The minimum atomic E-state index is -4.21. The van der Waals surface area contributed by atoms with Gasteiger partial charge in [-0.1, -0.05) is 18.7 Å². The highest BCUT2D eigenvalue weighted by molar-refractivity contribution is 8.00. The smallest absolute Gasteiger partial charge is 0.441 e. The Morgan fingerprint density at radius 3 is 2.46 bits per heavy atom. The fraction of sp³-hybridized carbons (Fsp3) is 0.857. The number of alkyl halides is 3. The molecule has 0 bridgehead atoms. The Bertz CT molecular complexity index is 170. The maximum Gasteiger partial charge on any atom is 0.441 e. The number of carbonyl (C=O) groups is 1. The molecule has 0 saturated heterocycles. The molecule has 6 heteroatoms. The van der Waals surface area contributed by atoms with Gasteiger partial charge < -0.3 is 5.11 Å². The number of thioether (sulfide) groups is 1. The first-order chi connectivity index (χ1) is 5.81. The third-order valence-corrected chi connectivity index (χ3v) is 2.17. The van der Waals surface area contributed by atoms with Crippen molar-refractivity contribution in [3.8, 4) is 0 Å². The van der Waals surface area contributed by atoms with Gasteiger partial charge >= 0.3 is 11.5 Å². The Kier molecular flexibility index (Phi) is 5.20. The summed E-state index contributed by atoms with van der Waals surface area (Å²) in [6.07, 6.45) is 0.203. The van der Waals surface area contributed by atoms with Crippen molar-refractivity contribution >= 4 is 17.7 Å². The maximum absolute atomic E-state index is 11.6. The molecule has 0 spiro atoms. The molecule has 0 radical (unpaired) electrons. The van der Waals surface area contributed by atoms with Crippen LogP contribution in [-0.2, 0) is 4.79 Å². The standard InChI is InChI=1S/C7H11F3O2S/c1-5(4-6(11)12)2-3-13-7(8,9)10/h5H,2-4H2,1H3,(H,11,12). The van der Waals surface area contributed by atoms with Crippen LogP contribution in [0.15, 0.2) is 0 Å². The Morgan fingerprint density at radius 1 is 1.54 bits per heavy atom. The van der Waals surface area contributed by atoms with E-state index in [-0.39, 0.29) is 36.3 Å². The lowest BCUT2D eigenvalue weighted by Crippen LogP contribution is -2.07. The summed E-state index contributed by atoms with van der Waals surface area (Å²) in [5.41, 5.74) is -4.21. The number of rotatable bonds is 5. The second-order valence-electron chi connectivity index (χ2n) is 2.79. The Balaban J connectivity index is 3.48. The summed E-state index contributed by atoms with van der Waals surface area (Å²) in [6.45, 7) is 1.63. The van der Waals surface area contributed by atoms with E-state index in [2.05, 4.69) is 0 Å². The van der Waals surface area contributed by atoms with Crippen molar-refractivity contribution in [3.63, 3.8) is 0 Å². The molecule has 0 aromatic heterocycles. The van der Waals surface area contributed by atoms with Gasteiger partial charge in [-0.15, -0.1) is 0 Å². The summed E-state index contributed by atoms with van der Waals surface area (Å²) in [6, 6.07) is 0. The summed E-state index contributed by atoms with van der Waals surface area (Å²) >= 11 is -0.104. The second-order valence-corrected chi connectivity index (χ2v) is 3.95. The minimum Gasteiger partial charge on any atom is -0.481 e. The van der Waals surface area contributed by atoms with Crippen LogP contribution in [0.4, 0.5) is 13.2 Å². The molecule has 1 unspecified atom stereocenters. The van der Waals surface area contributed by atoms with Crippen LogP contribution in [-0.4, -0.2) is 22.3 Å². The highest BCUT2D eigenvalue weighted by Crippen LogP contribution is 2.31. The summed E-state index contributed by atoms with van der Waals surface area (Å²) < 4.78 is 34.8. The summed E-state index contributed by atoms with van der Waals surface area (Å²) in [4.78, 5) is 10.1. The molecule has 78 valence electrons. The number of carboxylic acid groups (broad SMARTS) is 1. The van der Waals surface area contributed by atoms with Gasteiger partial charge in [0.1, 0.15) is 0 Å². The number of carboxylic acids is 1. The van der Waals surface area contributed by atoms with E-state index in [1.165, 1.54) is 0 Å². The normalized spacial score (nSPS) is 14.2. The van der Waals surface area contributed by atoms with E-state index in [4.69, 9.17) is 5.11 Å². The number of halogens is 3. The van der Waals surface area contributed by atoms with Gasteiger partial charge in [-0.05, 0) is 12.3 Å². The first-order valence-electron chi connectivity index (χ1n) is 3.73. The monoisotopic (exact) mass is 216 g/mol. The van der Waals surface area contributed by atoms with Crippen molar-refractivity contribution in [2.45, 2.75) is 25.3 Å². The van der Waals surface area contributed by atoms with E-state index in [9.17, 15) is 18.0 Å². The topological polar surface area (TPSA) is 37.3 Å². The molecule has 0 aromatic rings. The highest BCUT2D eigenvalue weighted by Gasteiger charge is 2.27. The first kappa shape index (κ1) is 12.6. The van der Waals surface area contributed by atoms with E-state index in [1.807, 2.05) is 0 Å². The number of hydrogen-bond acceptors (Lipinski definition) is 2. The molecule has 0 heterocycles. The van der Waals surface area contributed by atoms with E-state index in [0.29, 0.717) is 0 Å². The second kappa shape index (κ2) is 5.36. The average molecular weight is 216 g/mol. The van der Waals surface area contributed by atoms with E-state index < -0.39 is 11.5 Å². The molecule has 2 nitrogen and oxygen atoms in total. The molecule has 0 amide bonds. The Labute approximate surface area is 78.5 Å². The molecule has 1 atom stereocenters. The van der Waals surface area contributed by atoms with Crippen LogP contribution in [0.1, 0.15) is 19.8 Å². The lowest BCUT2D eigenvalue weighted by molar-refractivity contribution is -0.137. The van der Waals surface area contributed by atoms with Gasteiger partial charge in [0.2, 0.25) is 0 Å². The largest absolute Gasteiger partial charge is 0.481 e. The van der Waals surface area contributed by atoms with Crippen LogP contribution in [0.5, 0.6) is 0 Å². The molecule has 0 aliphatic heterocycles. The first-order valence-corrected chi connectivity index (χ1v) is 4.72. The van der Waals surface area contributed by atoms with Crippen LogP contribution in [0.2, 0.25) is 0 Å². The summed E-state index contributed by atoms with van der Waals surface area (Å²) in [7, 11) is 0. The van der Waals surface area contributed by atoms with E-state index in [0.717, 1.165) is 0 Å². The fourth-order valence-electron chi connectivity index (χ4n) is 0.776. The molecular formula is C7H11F3O2S. The van der Waals surface area contributed by atoms with Crippen molar-refractivity contribution in [2.75, 3.05) is 5.75 Å². The van der Waals surface area contributed by atoms with Gasteiger partial charge in [-0.25, -0.2) is 0 Å². The minimum absolute atomic E-state index is 0.0710. The van der Waals surface area contributed by atoms with Gasteiger partial charge in [-0.3, -0.25) is 4.79 Å². The third-order valence-electron chi connectivity index (χ3n) is 1.40. The van der Waals surface area contributed by atoms with Crippen molar-refractivity contribution in [1.29, 1.82) is 0 Å². The highest BCUT2D eigenvalue weighted by atomic mass is 32.2. The van der Waals surface area contributed by atoms with Crippen molar-refractivity contribution in [3.05, 3.63) is 0 Å². The third kappa shape index (κ3) is 9.52. The molecular weight excluding hydrogens is 205 g/mol. The Hall–Kier alpha value is -0.390. The zero-order chi connectivity index (χ0) is 10.5. The van der Waals surface area contributed by atoms with Crippen LogP contribution in [0.25, 0.3) is 0 Å². The van der Waals surface area contributed by atoms with Crippen LogP contribution in [0.3, 0.4) is 0 Å². The van der Waals surface area contributed by atoms with Gasteiger partial charge in [-0.2, -0.15) is 13.2 Å². The van der Waals surface area contributed by atoms with Gasteiger partial charge in [0.05, 0.1) is 0 Å². The summed E-state index contributed by atoms with van der Waals surface area (Å²) in [5, 5.41) is 8.31. The van der Waals surface area contributed by atoms with Crippen molar-refractivity contribution < 1.29 is 23.1 Å². The fourth-order valence-corrected chi connectivity index (χ4v) is 1.53. The number of aliphatic carboxylic acids is 1. The molecule has 13 heavy (non-hydrogen) atoms. The molecule has 0 aliphatic carbocycles. The van der Waals surface area contributed by atoms with Crippen molar-refractivity contribution in [1.82, 2.24) is 0 Å². The Morgan fingerprint density at radius 2 is 2.08 bits per heavy atom. The van der Waals surface area contributed by atoms with E-state index in [1.54, 1.807) is 6.92 Å². The molecule has 0 aromatic carbocycles. The van der Waals surface area contributed by atoms with Crippen molar-refractivity contribution in [2.24, 2.45) is 5.92 Å². The predicted molar refractivity (Wildman–Crippen MR) is 44.5 cm³/mol. The van der Waals surface area contributed by atoms with Gasteiger partial charge in [0.25, 0.3) is 0 Å². The van der Waals surface area contributed by atoms with E-state index >= 15 is 0 Å². The lowest BCUT2D eigenvalue weighted by atomic mass is 10.1. The molecule has 0 saturated carbocycles. The molecule has 0 rings (SSSR count). The molecule has 1 N–H and O–H groups in total. The summed E-state index contributed by atoms with van der Waals surface area (Å²) in [5.74, 6) is -1.24. The number of hydrogen-bond donors (Lipinski definition) is 1. The van der Waals surface area contributed by atoms with Crippen LogP contribution < -0.4 is 0 Å². The molecule has 0 fully saturated rings. The van der Waals surface area contributed by atoms with Crippen LogP contribution in [0, 0.1) is 5.92 Å². The average Bonchev–Trinajstić information content (AvgIpc) is 1.81. The van der Waals surface area contributed by atoms with Gasteiger partial charge in [0.15, 0.2) is 0 Å². The molecule has 0 aliphatic rings. The van der Waals surface area contributed by atoms with Gasteiger partial charge in [0, 0.05) is 12.2 Å².